The summed E-state index contributed by atoms with van der Waals surface area (Å²) in [7, 11) is 1.40. The first-order valence-corrected chi connectivity index (χ1v) is 15.6. The predicted octanol–water partition coefficient (Wildman–Crippen LogP) is 5.83. The number of hydrogen-bond acceptors (Lipinski definition) is 7. The number of aromatic hydroxyl groups is 1. The number of phenolic OH excluding ortho intramolecular Hbond substituents is 1. The number of Topliss-reactive ketones (excluding diaryl/α,β-unsaturated/α-hetero) is 1. The first-order chi connectivity index (χ1) is 22.4. The lowest BCUT2D eigenvalue weighted by atomic mass is 9.51. The molecule has 3 fully saturated rings. The normalized spacial score (nSPS) is 28.2. The zero-order valence-electron chi connectivity index (χ0n) is 25.7. The summed E-state index contributed by atoms with van der Waals surface area (Å²) in [5.41, 5.74) is 0.939. The van der Waals surface area contributed by atoms with Crippen LogP contribution >= 0.6 is 11.6 Å². The van der Waals surface area contributed by atoms with Gasteiger partial charge in [-0.15, -0.1) is 0 Å². The summed E-state index contributed by atoms with van der Waals surface area (Å²) >= 11 is 6.06. The molecule has 0 bridgehead atoms. The molecule has 2 heterocycles. The minimum Gasteiger partial charge on any atom is -0.504 e. The smallest absolute Gasteiger partial charge is 0.241 e. The molecule has 3 aromatic rings. The van der Waals surface area contributed by atoms with Crippen LogP contribution in [0.4, 0.5) is 15.8 Å². The van der Waals surface area contributed by atoms with Gasteiger partial charge >= 0.3 is 0 Å². The van der Waals surface area contributed by atoms with Crippen LogP contribution in [0.25, 0.3) is 0 Å². The van der Waals surface area contributed by atoms with E-state index in [0.29, 0.717) is 16.8 Å². The Morgan fingerprint density at radius 3 is 2.30 bits per heavy atom. The number of anilines is 2. The number of fused-ring (bicyclic) bond motifs is 4. The third-order valence-corrected chi connectivity index (χ3v) is 10.8. The molecule has 2 aliphatic carbocycles. The van der Waals surface area contributed by atoms with E-state index >= 15 is 0 Å². The lowest BCUT2D eigenvalue weighted by molar-refractivity contribution is -0.131. The summed E-state index contributed by atoms with van der Waals surface area (Å²) in [5, 5.41) is 10.2. The van der Waals surface area contributed by atoms with Gasteiger partial charge in [-0.25, -0.2) is 9.29 Å². The number of halogens is 2. The molecule has 11 heteroatoms. The van der Waals surface area contributed by atoms with Gasteiger partial charge in [0.2, 0.25) is 23.6 Å². The quantitative estimate of drug-likeness (QED) is 0.208. The average molecular weight is 657 g/mol. The van der Waals surface area contributed by atoms with E-state index in [2.05, 4.69) is 0 Å². The van der Waals surface area contributed by atoms with E-state index in [1.807, 2.05) is 6.08 Å². The predicted molar refractivity (Wildman–Crippen MR) is 170 cm³/mol. The Balaban J connectivity index is 1.35. The van der Waals surface area contributed by atoms with E-state index in [-0.39, 0.29) is 46.7 Å². The minimum atomic E-state index is -1.34. The van der Waals surface area contributed by atoms with Gasteiger partial charge in [0.25, 0.3) is 0 Å². The van der Waals surface area contributed by atoms with Crippen LogP contribution < -0.4 is 14.5 Å². The van der Waals surface area contributed by atoms with E-state index < -0.39 is 58.5 Å². The molecule has 0 radical (unpaired) electrons. The number of methoxy groups -OCH3 is 1. The van der Waals surface area contributed by atoms with E-state index in [4.69, 9.17) is 16.3 Å². The van der Waals surface area contributed by atoms with Gasteiger partial charge in [-0.1, -0.05) is 29.3 Å². The number of amides is 4. The summed E-state index contributed by atoms with van der Waals surface area (Å²) in [6, 6.07) is 14.7. The maximum Gasteiger partial charge on any atom is 0.241 e. The Kier molecular flexibility index (Phi) is 7.13. The van der Waals surface area contributed by atoms with Crippen LogP contribution in [0.5, 0.6) is 11.5 Å². The number of carbonyl (C=O) groups excluding carboxylic acids is 5. The van der Waals surface area contributed by atoms with E-state index in [0.717, 1.165) is 21.4 Å². The highest BCUT2D eigenvalue weighted by Crippen LogP contribution is 2.64. The summed E-state index contributed by atoms with van der Waals surface area (Å²) in [5.74, 6) is -6.24. The molecular formula is C36H30ClFN2O7. The van der Waals surface area contributed by atoms with Gasteiger partial charge in [0.15, 0.2) is 17.3 Å². The van der Waals surface area contributed by atoms with Crippen molar-refractivity contribution in [3.63, 3.8) is 0 Å². The molecule has 1 N–H and O–H groups in total. The Morgan fingerprint density at radius 1 is 0.936 bits per heavy atom. The van der Waals surface area contributed by atoms with Crippen molar-refractivity contribution in [1.82, 2.24) is 0 Å². The fourth-order valence-corrected chi connectivity index (χ4v) is 8.41. The molecule has 4 aliphatic rings. The van der Waals surface area contributed by atoms with E-state index in [1.54, 1.807) is 43.3 Å². The van der Waals surface area contributed by atoms with Crippen molar-refractivity contribution >= 4 is 52.4 Å². The molecule has 9 nitrogen and oxygen atoms in total. The number of ether oxygens (including phenoxy) is 1. The zero-order chi connectivity index (χ0) is 33.5. The monoisotopic (exact) mass is 656 g/mol. The van der Waals surface area contributed by atoms with Crippen LogP contribution in [-0.4, -0.2) is 41.6 Å². The minimum absolute atomic E-state index is 0.109. The molecule has 7 rings (SSSR count). The molecule has 47 heavy (non-hydrogen) atoms. The fraction of sp³-hybridized carbons (Fsp3) is 0.306. The first-order valence-electron chi connectivity index (χ1n) is 15.3. The number of imide groups is 2. The second-order valence-electron chi connectivity index (χ2n) is 12.8. The van der Waals surface area contributed by atoms with Crippen molar-refractivity contribution in [2.75, 3.05) is 16.9 Å². The zero-order valence-corrected chi connectivity index (χ0v) is 26.5. The van der Waals surface area contributed by atoms with Crippen molar-refractivity contribution < 1.29 is 38.2 Å². The Morgan fingerprint density at radius 2 is 1.64 bits per heavy atom. The summed E-state index contributed by atoms with van der Waals surface area (Å²) in [6.07, 6.45) is 2.29. The van der Waals surface area contributed by atoms with Gasteiger partial charge in [-0.05, 0) is 92.8 Å². The highest BCUT2D eigenvalue weighted by Gasteiger charge is 2.67. The molecule has 0 unspecified atom stereocenters. The topological polar surface area (TPSA) is 121 Å². The molecule has 0 aromatic heterocycles. The molecule has 2 aliphatic heterocycles. The summed E-state index contributed by atoms with van der Waals surface area (Å²) in [6.45, 7) is 3.15. The van der Waals surface area contributed by atoms with Crippen molar-refractivity contribution in [2.45, 2.75) is 32.6 Å². The van der Waals surface area contributed by atoms with Crippen LogP contribution in [0.15, 0.2) is 72.3 Å². The van der Waals surface area contributed by atoms with Crippen LogP contribution in [-0.2, 0) is 19.2 Å². The molecule has 1 saturated carbocycles. The molecular weight excluding hydrogens is 627 g/mol. The number of nitrogens with zero attached hydrogens (tertiary/aromatic N) is 2. The van der Waals surface area contributed by atoms with Crippen molar-refractivity contribution in [3.8, 4) is 11.5 Å². The molecule has 6 atom stereocenters. The Labute approximate surface area is 274 Å². The lowest BCUT2D eigenvalue weighted by Crippen LogP contribution is -2.48. The third-order valence-electron chi connectivity index (χ3n) is 10.5. The number of allylic oxidation sites excluding steroid dienone is 2. The largest absolute Gasteiger partial charge is 0.504 e. The summed E-state index contributed by atoms with van der Waals surface area (Å²) in [4.78, 5) is 70.9. The van der Waals surface area contributed by atoms with Crippen molar-refractivity contribution in [1.29, 1.82) is 0 Å². The van der Waals surface area contributed by atoms with Gasteiger partial charge in [-0.3, -0.25) is 28.9 Å². The maximum atomic E-state index is 14.5. The highest BCUT2D eigenvalue weighted by molar-refractivity contribution is 6.32. The molecule has 0 spiro atoms. The van der Waals surface area contributed by atoms with Crippen LogP contribution in [0.2, 0.25) is 5.02 Å². The number of phenols is 1. The van der Waals surface area contributed by atoms with Crippen LogP contribution in [0, 0.1) is 34.9 Å². The fourth-order valence-electron chi connectivity index (χ4n) is 8.24. The van der Waals surface area contributed by atoms with Crippen LogP contribution in [0.1, 0.15) is 48.5 Å². The van der Waals surface area contributed by atoms with Gasteiger partial charge < -0.3 is 9.84 Å². The van der Waals surface area contributed by atoms with Gasteiger partial charge in [0.1, 0.15) is 5.82 Å². The molecule has 3 aromatic carbocycles. The lowest BCUT2D eigenvalue weighted by Gasteiger charge is -2.49. The maximum absolute atomic E-state index is 14.5. The number of ketones is 1. The highest BCUT2D eigenvalue weighted by atomic mass is 35.5. The average Bonchev–Trinajstić information content (AvgIpc) is 3.42. The van der Waals surface area contributed by atoms with E-state index in [9.17, 15) is 33.5 Å². The summed E-state index contributed by atoms with van der Waals surface area (Å²) < 4.78 is 19.5. The molecule has 240 valence electrons. The number of benzene rings is 3. The van der Waals surface area contributed by atoms with Gasteiger partial charge in [0, 0.05) is 11.5 Å². The standard InChI is InChI=1S/C36H30ClFN2O7/c1-17(41)18-4-7-20(8-5-18)39-32(43)23-11-10-22-24(30(23)34(39)45)16-25-33(44)40(21-9-12-27(38)26(37)15-21)35(46)36(25,2)31(22)19-6-13-28(42)29(14-19)47-3/h4-10,12-15,23-25,30-31,42H,11,16H2,1-3H3/t23-,24+,25-,30-,31-,36+/m0/s1. The van der Waals surface area contributed by atoms with Crippen LogP contribution in [0.3, 0.4) is 0 Å². The van der Waals surface area contributed by atoms with Crippen molar-refractivity contribution in [3.05, 3.63) is 94.3 Å². The second kappa shape index (κ2) is 10.9. The second-order valence-corrected chi connectivity index (χ2v) is 13.2. The van der Waals surface area contributed by atoms with E-state index in [1.165, 1.54) is 32.2 Å². The number of carbonyl (C=O) groups is 5. The van der Waals surface area contributed by atoms with Gasteiger partial charge in [0.05, 0.1) is 46.7 Å². The molecule has 2 saturated heterocycles. The number of hydrogen-bond donors (Lipinski definition) is 1. The van der Waals surface area contributed by atoms with Crippen molar-refractivity contribution in [2.24, 2.45) is 29.1 Å². The number of rotatable bonds is 5. The molecule has 4 amide bonds. The SMILES string of the molecule is COc1cc([C@H]2C3=CC[C@@H]4C(=O)N(c5ccc(C(C)=O)cc5)C(=O)[C@@H]4[C@@H]3C[C@H]3C(=O)N(c4ccc(F)c(Cl)c4)C(=O)[C@@]23C)ccc1O. The Hall–Kier alpha value is -4.83. The first kappa shape index (κ1) is 30.8. The van der Waals surface area contributed by atoms with Gasteiger partial charge in [-0.2, -0.15) is 0 Å². The third kappa shape index (κ3) is 4.37. The Bertz CT molecular complexity index is 1940.